The van der Waals surface area contributed by atoms with Crippen molar-refractivity contribution in [1.82, 2.24) is 0 Å². The first kappa shape index (κ1) is 18.9. The van der Waals surface area contributed by atoms with E-state index < -0.39 is 24.0 Å². The van der Waals surface area contributed by atoms with Gasteiger partial charge in [-0.1, -0.05) is 32.9 Å². The highest BCUT2D eigenvalue weighted by Gasteiger charge is 2.55. The Morgan fingerprint density at radius 1 is 1.33 bits per heavy atom. The van der Waals surface area contributed by atoms with Gasteiger partial charge >= 0.3 is 0 Å². The molecule has 0 saturated heterocycles. The fourth-order valence-electron chi connectivity index (χ4n) is 2.24. The molecule has 21 heavy (non-hydrogen) atoms. The molecule has 0 unspecified atom stereocenters. The summed E-state index contributed by atoms with van der Waals surface area (Å²) in [5.41, 5.74) is -0.626. The van der Waals surface area contributed by atoms with Gasteiger partial charge in [-0.2, -0.15) is 8.42 Å². The third kappa shape index (κ3) is 5.19. The van der Waals surface area contributed by atoms with Crippen LogP contribution in [-0.4, -0.2) is 35.2 Å². The molecule has 0 radical (unpaired) electrons. The Balaban J connectivity index is 2.55. The molecule has 0 amide bonds. The van der Waals surface area contributed by atoms with E-state index in [-0.39, 0.29) is 11.0 Å². The molecule has 0 aliphatic heterocycles. The molecule has 1 fully saturated rings. The van der Waals surface area contributed by atoms with Crippen molar-refractivity contribution in [3.05, 3.63) is 12.2 Å². The third-order valence-corrected chi connectivity index (χ3v) is 9.74. The van der Waals surface area contributed by atoms with Crippen molar-refractivity contribution < 1.29 is 17.0 Å². The Morgan fingerprint density at radius 3 is 2.33 bits per heavy atom. The number of hydrogen-bond donors (Lipinski definition) is 0. The van der Waals surface area contributed by atoms with Crippen LogP contribution in [0.1, 0.15) is 40.5 Å². The summed E-state index contributed by atoms with van der Waals surface area (Å²) >= 11 is 0. The van der Waals surface area contributed by atoms with E-state index in [1.54, 1.807) is 0 Å². The van der Waals surface area contributed by atoms with Gasteiger partial charge in [0.05, 0.1) is 6.26 Å². The summed E-state index contributed by atoms with van der Waals surface area (Å²) in [5.74, 6) is 0.230. The number of rotatable bonds is 7. The van der Waals surface area contributed by atoms with E-state index >= 15 is 0 Å². The maximum atomic E-state index is 11.4. The second-order valence-electron chi connectivity index (χ2n) is 7.54. The molecular formula is C15H30O4SSi. The standard InChI is InChI=1S/C15H30O4SSi/c1-8-10-15(19-20(5,16)17)12-13(15)9-11-18-21(6,7)14(2,3)4/h8,10,13H,9,11-12H2,1-7H3/b10-8-/t13-,15+/m0/s1. The molecule has 4 nitrogen and oxygen atoms in total. The molecule has 1 aliphatic carbocycles. The molecule has 0 bridgehead atoms. The van der Waals surface area contributed by atoms with E-state index in [2.05, 4.69) is 33.9 Å². The van der Waals surface area contributed by atoms with Crippen LogP contribution in [0.3, 0.4) is 0 Å². The van der Waals surface area contributed by atoms with Gasteiger partial charge in [-0.25, -0.2) is 0 Å². The average molecular weight is 335 g/mol. The monoisotopic (exact) mass is 334 g/mol. The van der Waals surface area contributed by atoms with Crippen LogP contribution in [0.25, 0.3) is 0 Å². The summed E-state index contributed by atoms with van der Waals surface area (Å²) < 4.78 is 34.2. The number of hydrogen-bond acceptors (Lipinski definition) is 4. The molecule has 0 spiro atoms. The smallest absolute Gasteiger partial charge is 0.265 e. The summed E-state index contributed by atoms with van der Waals surface area (Å²) in [6.07, 6.45) is 6.43. The van der Waals surface area contributed by atoms with Crippen molar-refractivity contribution in [2.45, 2.75) is 64.3 Å². The SMILES string of the molecule is C/C=C\[C@@]1(OS(C)(=O)=O)C[C@@H]1CCO[Si](C)(C)C(C)(C)C. The zero-order chi connectivity index (χ0) is 16.5. The fraction of sp³-hybridized carbons (Fsp3) is 0.867. The summed E-state index contributed by atoms with van der Waals surface area (Å²) in [4.78, 5) is 0. The van der Waals surface area contributed by atoms with E-state index in [0.717, 1.165) is 19.1 Å². The molecule has 0 aromatic carbocycles. The highest BCUT2D eigenvalue weighted by molar-refractivity contribution is 7.86. The van der Waals surface area contributed by atoms with E-state index in [0.29, 0.717) is 6.61 Å². The van der Waals surface area contributed by atoms with Gasteiger partial charge in [-0.3, -0.25) is 4.18 Å². The lowest BCUT2D eigenvalue weighted by atomic mass is 10.2. The average Bonchev–Trinajstić information content (AvgIpc) is 2.86. The van der Waals surface area contributed by atoms with Crippen LogP contribution < -0.4 is 0 Å². The van der Waals surface area contributed by atoms with Crippen molar-refractivity contribution in [3.63, 3.8) is 0 Å². The van der Waals surface area contributed by atoms with Gasteiger partial charge in [-0.15, -0.1) is 0 Å². The van der Waals surface area contributed by atoms with Crippen LogP contribution in [0.5, 0.6) is 0 Å². The Kier molecular flexibility index (Phi) is 5.52. The van der Waals surface area contributed by atoms with E-state index in [9.17, 15) is 8.42 Å². The summed E-state index contributed by atoms with van der Waals surface area (Å²) in [6.45, 7) is 13.7. The van der Waals surface area contributed by atoms with Crippen molar-refractivity contribution in [3.8, 4) is 0 Å². The van der Waals surface area contributed by atoms with Crippen molar-refractivity contribution in [2.24, 2.45) is 5.92 Å². The van der Waals surface area contributed by atoms with E-state index in [1.165, 1.54) is 0 Å². The zero-order valence-corrected chi connectivity index (χ0v) is 16.2. The molecule has 0 aromatic heterocycles. The maximum Gasteiger partial charge on any atom is 0.265 e. The lowest BCUT2D eigenvalue weighted by molar-refractivity contribution is 0.202. The predicted molar refractivity (Wildman–Crippen MR) is 89.3 cm³/mol. The molecule has 0 N–H and O–H groups in total. The van der Waals surface area contributed by atoms with Crippen LogP contribution in [0, 0.1) is 5.92 Å². The molecular weight excluding hydrogens is 304 g/mol. The summed E-state index contributed by atoms with van der Waals surface area (Å²) in [6, 6.07) is 0. The minimum absolute atomic E-state index is 0.195. The lowest BCUT2D eigenvalue weighted by Crippen LogP contribution is -2.41. The highest BCUT2D eigenvalue weighted by atomic mass is 32.2. The van der Waals surface area contributed by atoms with Gasteiger partial charge < -0.3 is 4.43 Å². The molecule has 124 valence electrons. The van der Waals surface area contributed by atoms with Gasteiger partial charge in [-0.05, 0) is 43.8 Å². The molecule has 6 heteroatoms. The van der Waals surface area contributed by atoms with Crippen molar-refractivity contribution in [1.29, 1.82) is 0 Å². The predicted octanol–water partition coefficient (Wildman–Crippen LogP) is 3.71. The Labute approximate surface area is 131 Å². The van der Waals surface area contributed by atoms with Crippen molar-refractivity contribution >= 4 is 18.4 Å². The second kappa shape index (κ2) is 6.14. The quantitative estimate of drug-likeness (QED) is 0.404. The Bertz CT molecular complexity index is 490. The molecule has 0 aromatic rings. The molecule has 1 aliphatic rings. The largest absolute Gasteiger partial charge is 0.417 e. The fourth-order valence-corrected chi connectivity index (χ4v) is 4.13. The minimum atomic E-state index is -3.43. The third-order valence-electron chi connectivity index (χ3n) is 4.59. The first-order valence-corrected chi connectivity index (χ1v) is 12.2. The van der Waals surface area contributed by atoms with E-state index in [4.69, 9.17) is 8.61 Å². The molecule has 0 heterocycles. The summed E-state index contributed by atoms with van der Waals surface area (Å²) in [5, 5.41) is 0.195. The van der Waals surface area contributed by atoms with Gasteiger partial charge in [0, 0.05) is 6.61 Å². The lowest BCUT2D eigenvalue weighted by Gasteiger charge is -2.36. The Morgan fingerprint density at radius 2 is 1.90 bits per heavy atom. The van der Waals surface area contributed by atoms with Gasteiger partial charge in [0.2, 0.25) is 0 Å². The maximum absolute atomic E-state index is 11.4. The van der Waals surface area contributed by atoms with Crippen LogP contribution in [0.15, 0.2) is 12.2 Å². The van der Waals surface area contributed by atoms with Crippen LogP contribution in [0.2, 0.25) is 18.1 Å². The first-order chi connectivity index (χ1) is 9.33. The zero-order valence-electron chi connectivity index (χ0n) is 14.4. The van der Waals surface area contributed by atoms with Crippen LogP contribution in [0.4, 0.5) is 0 Å². The first-order valence-electron chi connectivity index (χ1n) is 7.51. The minimum Gasteiger partial charge on any atom is -0.417 e. The van der Waals surface area contributed by atoms with Gasteiger partial charge in [0.25, 0.3) is 10.1 Å². The highest BCUT2D eigenvalue weighted by Crippen LogP contribution is 2.51. The molecule has 1 saturated carbocycles. The summed E-state index contributed by atoms with van der Waals surface area (Å²) in [7, 11) is -5.17. The van der Waals surface area contributed by atoms with Crippen molar-refractivity contribution in [2.75, 3.05) is 12.9 Å². The second-order valence-corrected chi connectivity index (χ2v) is 13.9. The normalized spacial score (nSPS) is 27.3. The Hall–Kier alpha value is -0.173. The van der Waals surface area contributed by atoms with Crippen LogP contribution >= 0.6 is 0 Å². The van der Waals surface area contributed by atoms with E-state index in [1.807, 2.05) is 19.1 Å². The van der Waals surface area contributed by atoms with Crippen LogP contribution in [-0.2, 0) is 18.7 Å². The van der Waals surface area contributed by atoms with Gasteiger partial charge in [0.15, 0.2) is 8.32 Å². The number of allylic oxidation sites excluding steroid dienone is 1. The topological polar surface area (TPSA) is 52.6 Å². The molecule has 1 rings (SSSR count). The van der Waals surface area contributed by atoms with Gasteiger partial charge in [0.1, 0.15) is 5.60 Å². The molecule has 2 atom stereocenters.